The molecule has 0 aliphatic heterocycles. The van der Waals surface area contributed by atoms with Crippen LogP contribution in [0.3, 0.4) is 0 Å². The SMILES string of the molecule is O=C(O)C(=O)CC(O)C(=O)O. The van der Waals surface area contributed by atoms with Crippen LogP contribution in [0.25, 0.3) is 0 Å². The fourth-order valence-electron chi connectivity index (χ4n) is 0.350. The molecule has 0 aromatic heterocycles. The van der Waals surface area contributed by atoms with Gasteiger partial charge >= 0.3 is 11.9 Å². The number of hydrogen-bond donors (Lipinski definition) is 3. The van der Waals surface area contributed by atoms with E-state index in [1.807, 2.05) is 0 Å². The average Bonchev–Trinajstić information content (AvgIpc) is 1.87. The van der Waals surface area contributed by atoms with E-state index in [9.17, 15) is 14.4 Å². The van der Waals surface area contributed by atoms with E-state index in [2.05, 4.69) is 0 Å². The highest BCUT2D eigenvalue weighted by molar-refractivity contribution is 6.33. The van der Waals surface area contributed by atoms with Crippen molar-refractivity contribution in [1.82, 2.24) is 0 Å². The number of ketones is 1. The van der Waals surface area contributed by atoms with E-state index in [-0.39, 0.29) is 0 Å². The summed E-state index contributed by atoms with van der Waals surface area (Å²) >= 11 is 0. The molecule has 0 saturated carbocycles. The van der Waals surface area contributed by atoms with Gasteiger partial charge in [0.05, 0.1) is 6.42 Å². The molecule has 0 radical (unpaired) electrons. The molecule has 0 amide bonds. The van der Waals surface area contributed by atoms with E-state index in [4.69, 9.17) is 15.3 Å². The predicted octanol–water partition coefficient (Wildman–Crippen LogP) is -1.52. The minimum Gasteiger partial charge on any atom is -0.479 e. The number of carboxylic acids is 2. The number of Topliss-reactive ketones (excluding diaryl/α,β-unsaturated/α-hetero) is 1. The van der Waals surface area contributed by atoms with Gasteiger partial charge in [0.2, 0.25) is 5.78 Å². The molecule has 0 aromatic carbocycles. The Labute approximate surface area is 61.1 Å². The first-order chi connectivity index (χ1) is 4.95. The summed E-state index contributed by atoms with van der Waals surface area (Å²) in [6, 6.07) is 0. The Morgan fingerprint density at radius 1 is 1.18 bits per heavy atom. The zero-order chi connectivity index (χ0) is 9.02. The zero-order valence-electron chi connectivity index (χ0n) is 5.35. The van der Waals surface area contributed by atoms with Crippen molar-refractivity contribution >= 4 is 17.7 Å². The number of carbonyl (C=O) groups is 3. The normalized spacial score (nSPS) is 12.1. The Kier molecular flexibility index (Phi) is 3.19. The molecule has 6 heteroatoms. The number of carbonyl (C=O) groups excluding carboxylic acids is 1. The summed E-state index contributed by atoms with van der Waals surface area (Å²) in [5.74, 6) is -4.68. The zero-order valence-corrected chi connectivity index (χ0v) is 5.35. The van der Waals surface area contributed by atoms with E-state index in [1.165, 1.54) is 0 Å². The maximum Gasteiger partial charge on any atom is 0.372 e. The van der Waals surface area contributed by atoms with Crippen LogP contribution in [0.4, 0.5) is 0 Å². The van der Waals surface area contributed by atoms with Crippen molar-refractivity contribution < 1.29 is 29.7 Å². The summed E-state index contributed by atoms with van der Waals surface area (Å²) in [5, 5.41) is 24.4. The van der Waals surface area contributed by atoms with Gasteiger partial charge in [0.1, 0.15) is 0 Å². The van der Waals surface area contributed by atoms with Crippen molar-refractivity contribution in [2.24, 2.45) is 0 Å². The first-order valence-electron chi connectivity index (χ1n) is 2.62. The van der Waals surface area contributed by atoms with Gasteiger partial charge in [0.25, 0.3) is 0 Å². The van der Waals surface area contributed by atoms with Crippen LogP contribution in [0.1, 0.15) is 6.42 Å². The molecule has 0 fully saturated rings. The number of aliphatic carboxylic acids is 2. The third kappa shape index (κ3) is 3.31. The maximum absolute atomic E-state index is 10.2. The Balaban J connectivity index is 3.95. The van der Waals surface area contributed by atoms with Gasteiger partial charge in [0.15, 0.2) is 6.10 Å². The van der Waals surface area contributed by atoms with Crippen LogP contribution < -0.4 is 0 Å². The minimum absolute atomic E-state index is 0.898. The largest absolute Gasteiger partial charge is 0.479 e. The predicted molar refractivity (Wildman–Crippen MR) is 30.9 cm³/mol. The lowest BCUT2D eigenvalue weighted by molar-refractivity contribution is -0.154. The molecule has 0 saturated heterocycles. The summed E-state index contributed by atoms with van der Waals surface area (Å²) in [5.41, 5.74) is 0. The van der Waals surface area contributed by atoms with Gasteiger partial charge in [-0.25, -0.2) is 9.59 Å². The van der Waals surface area contributed by atoms with Gasteiger partial charge in [-0.2, -0.15) is 0 Å². The molecule has 1 unspecified atom stereocenters. The Morgan fingerprint density at radius 3 is 1.91 bits per heavy atom. The van der Waals surface area contributed by atoms with Gasteiger partial charge in [-0.1, -0.05) is 0 Å². The fraction of sp³-hybridized carbons (Fsp3) is 0.400. The third-order valence-electron chi connectivity index (χ3n) is 0.902. The smallest absolute Gasteiger partial charge is 0.372 e. The quantitative estimate of drug-likeness (QED) is 0.432. The highest BCUT2D eigenvalue weighted by Gasteiger charge is 2.21. The van der Waals surface area contributed by atoms with E-state index in [0.717, 1.165) is 0 Å². The summed E-state index contributed by atoms with van der Waals surface area (Å²) in [7, 11) is 0. The molecular formula is C5H6O6. The third-order valence-corrected chi connectivity index (χ3v) is 0.902. The van der Waals surface area contributed by atoms with Crippen LogP contribution in [-0.4, -0.2) is 39.1 Å². The van der Waals surface area contributed by atoms with E-state index in [0.29, 0.717) is 0 Å². The molecule has 0 spiro atoms. The van der Waals surface area contributed by atoms with Crippen LogP contribution in [-0.2, 0) is 14.4 Å². The molecule has 0 aliphatic carbocycles. The molecule has 1 atom stereocenters. The van der Waals surface area contributed by atoms with Gasteiger partial charge < -0.3 is 15.3 Å². The summed E-state index contributed by atoms with van der Waals surface area (Å²) in [6.07, 6.45) is -2.83. The van der Waals surface area contributed by atoms with Crippen molar-refractivity contribution in [2.45, 2.75) is 12.5 Å². The van der Waals surface area contributed by atoms with Crippen LogP contribution in [0.5, 0.6) is 0 Å². The number of aliphatic hydroxyl groups excluding tert-OH is 1. The van der Waals surface area contributed by atoms with Crippen LogP contribution in [0.15, 0.2) is 0 Å². The molecule has 3 N–H and O–H groups in total. The Bertz CT molecular complexity index is 195. The highest BCUT2D eigenvalue weighted by Crippen LogP contribution is 1.92. The minimum atomic E-state index is -1.93. The highest BCUT2D eigenvalue weighted by atomic mass is 16.4. The standard InChI is InChI=1S/C5H6O6/c6-2(4(8)9)1-3(7)5(10)11/h2,6H,1H2,(H,8,9)(H,10,11). The van der Waals surface area contributed by atoms with Crippen molar-refractivity contribution in [3.8, 4) is 0 Å². The number of carboxylic acid groups (broad SMARTS) is 2. The second kappa shape index (κ2) is 3.67. The van der Waals surface area contributed by atoms with E-state index >= 15 is 0 Å². The number of hydrogen-bond acceptors (Lipinski definition) is 4. The van der Waals surface area contributed by atoms with Crippen LogP contribution in [0, 0.1) is 0 Å². The lowest BCUT2D eigenvalue weighted by Crippen LogP contribution is -2.26. The van der Waals surface area contributed by atoms with Crippen LogP contribution in [0.2, 0.25) is 0 Å². The molecule has 11 heavy (non-hydrogen) atoms. The van der Waals surface area contributed by atoms with E-state index in [1.54, 1.807) is 0 Å². The molecule has 0 bridgehead atoms. The average molecular weight is 162 g/mol. The fourth-order valence-corrected chi connectivity index (χ4v) is 0.350. The first kappa shape index (κ1) is 9.57. The summed E-state index contributed by atoms with van der Waals surface area (Å²) in [4.78, 5) is 29.9. The lowest BCUT2D eigenvalue weighted by atomic mass is 10.2. The lowest BCUT2D eigenvalue weighted by Gasteiger charge is -1.99. The molecule has 0 aromatic rings. The van der Waals surface area contributed by atoms with Gasteiger partial charge in [-0.15, -0.1) is 0 Å². The van der Waals surface area contributed by atoms with Crippen molar-refractivity contribution in [2.75, 3.05) is 0 Å². The molecular weight excluding hydrogens is 156 g/mol. The van der Waals surface area contributed by atoms with E-state index < -0.39 is 30.2 Å². The van der Waals surface area contributed by atoms with Crippen molar-refractivity contribution in [3.63, 3.8) is 0 Å². The van der Waals surface area contributed by atoms with Gasteiger partial charge in [-0.05, 0) is 0 Å². The Morgan fingerprint density at radius 2 is 1.64 bits per heavy atom. The molecule has 0 heterocycles. The monoisotopic (exact) mass is 162 g/mol. The molecule has 6 nitrogen and oxygen atoms in total. The van der Waals surface area contributed by atoms with Crippen molar-refractivity contribution in [3.05, 3.63) is 0 Å². The van der Waals surface area contributed by atoms with Gasteiger partial charge in [0, 0.05) is 0 Å². The van der Waals surface area contributed by atoms with Crippen molar-refractivity contribution in [1.29, 1.82) is 0 Å². The molecule has 0 aliphatic rings. The second-order valence-corrected chi connectivity index (χ2v) is 1.79. The van der Waals surface area contributed by atoms with Gasteiger partial charge in [-0.3, -0.25) is 4.79 Å². The maximum atomic E-state index is 10.2. The first-order valence-corrected chi connectivity index (χ1v) is 2.62. The topological polar surface area (TPSA) is 112 Å². The second-order valence-electron chi connectivity index (χ2n) is 1.79. The molecule has 62 valence electrons. The molecule has 0 rings (SSSR count). The number of rotatable bonds is 4. The summed E-state index contributed by atoms with van der Waals surface area (Å²) in [6.45, 7) is 0. The summed E-state index contributed by atoms with van der Waals surface area (Å²) < 4.78 is 0. The van der Waals surface area contributed by atoms with Crippen LogP contribution >= 0.6 is 0 Å². The number of aliphatic hydroxyl groups is 1. The Hall–Kier alpha value is -1.43.